The second-order valence-electron chi connectivity index (χ2n) is 3.17. The van der Waals surface area contributed by atoms with Gasteiger partial charge in [-0.05, 0) is 19.4 Å². The second kappa shape index (κ2) is 3.07. The first-order valence-electron chi connectivity index (χ1n) is 4.18. The van der Waals surface area contributed by atoms with E-state index in [2.05, 4.69) is 17.6 Å². The molecule has 0 bridgehead atoms. The lowest BCUT2D eigenvalue weighted by atomic mass is 10.1. The zero-order valence-corrected chi connectivity index (χ0v) is 8.20. The van der Waals surface area contributed by atoms with Crippen LogP contribution in [0.1, 0.15) is 10.4 Å². The Kier molecular flexibility index (Phi) is 2.07. The van der Waals surface area contributed by atoms with Crippen LogP contribution in [0.4, 0.5) is 0 Å². The van der Waals surface area contributed by atoms with Crippen molar-refractivity contribution in [3.63, 3.8) is 0 Å². The molecule has 0 saturated heterocycles. The molecule has 1 atom stereocenters. The number of thiophene rings is 1. The van der Waals surface area contributed by atoms with Crippen molar-refractivity contribution in [2.75, 3.05) is 13.7 Å². The van der Waals surface area contributed by atoms with Gasteiger partial charge in [-0.1, -0.05) is 0 Å². The highest BCUT2D eigenvalue weighted by molar-refractivity contribution is 7.10. The van der Waals surface area contributed by atoms with Gasteiger partial charge in [0.15, 0.2) is 0 Å². The molecular weight excluding hydrogens is 170 g/mol. The molecule has 0 fully saturated rings. The van der Waals surface area contributed by atoms with E-state index < -0.39 is 0 Å². The van der Waals surface area contributed by atoms with Crippen LogP contribution in [-0.4, -0.2) is 19.7 Å². The maximum absolute atomic E-state index is 5.65. The summed E-state index contributed by atoms with van der Waals surface area (Å²) in [4.78, 5) is 1.39. The predicted octanol–water partition coefficient (Wildman–Crippen LogP) is 1.58. The van der Waals surface area contributed by atoms with Crippen LogP contribution in [0.5, 0.6) is 5.75 Å². The fourth-order valence-electron chi connectivity index (χ4n) is 1.47. The Labute approximate surface area is 76.6 Å². The van der Waals surface area contributed by atoms with Gasteiger partial charge in [-0.25, -0.2) is 0 Å². The van der Waals surface area contributed by atoms with Crippen LogP contribution in [0.3, 0.4) is 0 Å². The van der Waals surface area contributed by atoms with E-state index in [4.69, 9.17) is 4.74 Å². The van der Waals surface area contributed by atoms with Crippen LogP contribution in [0.15, 0.2) is 5.38 Å². The van der Waals surface area contributed by atoms with Crippen LogP contribution in [-0.2, 0) is 6.42 Å². The summed E-state index contributed by atoms with van der Waals surface area (Å²) in [7, 11) is 1.99. The van der Waals surface area contributed by atoms with Crippen molar-refractivity contribution >= 4 is 11.3 Å². The Morgan fingerprint density at radius 1 is 1.67 bits per heavy atom. The van der Waals surface area contributed by atoms with E-state index in [0.717, 1.165) is 18.8 Å². The predicted molar refractivity (Wildman–Crippen MR) is 51.1 cm³/mol. The summed E-state index contributed by atoms with van der Waals surface area (Å²) in [6, 6.07) is 0.496. The summed E-state index contributed by atoms with van der Waals surface area (Å²) in [5.74, 6) is 1.13. The topological polar surface area (TPSA) is 21.3 Å². The summed E-state index contributed by atoms with van der Waals surface area (Å²) < 4.78 is 5.65. The monoisotopic (exact) mass is 183 g/mol. The number of aryl methyl sites for hydroxylation is 1. The van der Waals surface area contributed by atoms with Crippen molar-refractivity contribution in [2.24, 2.45) is 0 Å². The highest BCUT2D eigenvalue weighted by Gasteiger charge is 2.21. The fraction of sp³-hybridized carbons (Fsp3) is 0.556. The summed E-state index contributed by atoms with van der Waals surface area (Å²) in [6.07, 6.45) is 1.12. The molecule has 1 aliphatic heterocycles. The molecule has 1 aliphatic rings. The lowest BCUT2D eigenvalue weighted by Crippen LogP contribution is -2.36. The minimum absolute atomic E-state index is 0.496. The first-order chi connectivity index (χ1) is 5.81. The molecule has 2 heterocycles. The maximum atomic E-state index is 5.65. The highest BCUT2D eigenvalue weighted by Crippen LogP contribution is 2.33. The average Bonchev–Trinajstić information content (AvgIpc) is 2.47. The van der Waals surface area contributed by atoms with E-state index in [1.165, 1.54) is 10.4 Å². The first kappa shape index (κ1) is 8.08. The van der Waals surface area contributed by atoms with Gasteiger partial charge in [0.25, 0.3) is 0 Å². The van der Waals surface area contributed by atoms with Gasteiger partial charge in [0.2, 0.25) is 0 Å². The van der Waals surface area contributed by atoms with E-state index >= 15 is 0 Å². The number of hydrogen-bond donors (Lipinski definition) is 1. The molecular formula is C9H13NOS. The van der Waals surface area contributed by atoms with Gasteiger partial charge in [0.05, 0.1) is 0 Å². The second-order valence-corrected chi connectivity index (χ2v) is 4.14. The third-order valence-electron chi connectivity index (χ3n) is 2.26. The fourth-order valence-corrected chi connectivity index (χ4v) is 2.52. The van der Waals surface area contributed by atoms with E-state index in [-0.39, 0.29) is 0 Å². The lowest BCUT2D eigenvalue weighted by molar-refractivity contribution is 0.247. The van der Waals surface area contributed by atoms with Crippen molar-refractivity contribution in [1.29, 1.82) is 0 Å². The zero-order valence-electron chi connectivity index (χ0n) is 7.39. The number of nitrogens with one attached hydrogen (secondary N) is 1. The van der Waals surface area contributed by atoms with Crippen molar-refractivity contribution in [1.82, 2.24) is 5.32 Å². The van der Waals surface area contributed by atoms with Gasteiger partial charge in [-0.2, -0.15) is 0 Å². The standard InChI is InChI=1S/C9H13NOS/c1-6-5-12-8-3-7(10-2)4-11-9(6)8/h5,7,10H,3-4H2,1-2H3. The minimum atomic E-state index is 0.496. The van der Waals surface area contributed by atoms with Crippen molar-refractivity contribution in [3.8, 4) is 5.75 Å². The molecule has 12 heavy (non-hydrogen) atoms. The van der Waals surface area contributed by atoms with Crippen LogP contribution in [0.2, 0.25) is 0 Å². The van der Waals surface area contributed by atoms with Crippen molar-refractivity contribution in [2.45, 2.75) is 19.4 Å². The Bertz CT molecular complexity index is 282. The first-order valence-corrected chi connectivity index (χ1v) is 5.06. The zero-order chi connectivity index (χ0) is 8.55. The summed E-state index contributed by atoms with van der Waals surface area (Å²) in [5, 5.41) is 5.41. The van der Waals surface area contributed by atoms with E-state index in [0.29, 0.717) is 6.04 Å². The Morgan fingerprint density at radius 2 is 2.50 bits per heavy atom. The molecule has 1 N–H and O–H groups in total. The number of rotatable bonds is 1. The van der Waals surface area contributed by atoms with Gasteiger partial charge in [0.1, 0.15) is 12.4 Å². The normalized spacial score (nSPS) is 21.7. The summed E-state index contributed by atoms with van der Waals surface area (Å²) in [6.45, 7) is 2.91. The van der Waals surface area contributed by atoms with Gasteiger partial charge in [0, 0.05) is 22.9 Å². The third kappa shape index (κ3) is 1.23. The quantitative estimate of drug-likeness (QED) is 0.713. The van der Waals surface area contributed by atoms with Crippen LogP contribution < -0.4 is 10.1 Å². The molecule has 0 aromatic carbocycles. The largest absolute Gasteiger partial charge is 0.491 e. The molecule has 0 saturated carbocycles. The minimum Gasteiger partial charge on any atom is -0.491 e. The molecule has 0 spiro atoms. The van der Waals surface area contributed by atoms with Crippen molar-refractivity contribution < 1.29 is 4.74 Å². The number of likely N-dealkylation sites (N-methyl/N-ethyl adjacent to an activating group) is 1. The van der Waals surface area contributed by atoms with Gasteiger partial charge < -0.3 is 10.1 Å². The van der Waals surface area contributed by atoms with E-state index in [9.17, 15) is 0 Å². The SMILES string of the molecule is CNC1COc2c(C)csc2C1. The molecule has 1 aromatic heterocycles. The Balaban J connectivity index is 2.24. The number of ether oxygens (including phenoxy) is 1. The molecule has 0 radical (unpaired) electrons. The summed E-state index contributed by atoms with van der Waals surface area (Å²) in [5.41, 5.74) is 1.28. The van der Waals surface area contributed by atoms with Gasteiger partial charge in [-0.15, -0.1) is 11.3 Å². The summed E-state index contributed by atoms with van der Waals surface area (Å²) >= 11 is 1.81. The van der Waals surface area contributed by atoms with Gasteiger partial charge in [-0.3, -0.25) is 0 Å². The van der Waals surface area contributed by atoms with Gasteiger partial charge >= 0.3 is 0 Å². The smallest absolute Gasteiger partial charge is 0.136 e. The molecule has 2 nitrogen and oxygen atoms in total. The number of fused-ring (bicyclic) bond motifs is 1. The molecule has 1 unspecified atom stereocenters. The van der Waals surface area contributed by atoms with Crippen molar-refractivity contribution in [3.05, 3.63) is 15.8 Å². The maximum Gasteiger partial charge on any atom is 0.136 e. The number of hydrogen-bond acceptors (Lipinski definition) is 3. The molecule has 3 heteroatoms. The molecule has 1 aromatic rings. The average molecular weight is 183 g/mol. The molecule has 66 valence electrons. The van der Waals surface area contributed by atoms with Crippen LogP contribution in [0.25, 0.3) is 0 Å². The molecule has 0 amide bonds. The van der Waals surface area contributed by atoms with Crippen LogP contribution >= 0.6 is 11.3 Å². The molecule has 0 aliphatic carbocycles. The Morgan fingerprint density at radius 3 is 3.25 bits per heavy atom. The van der Waals surface area contributed by atoms with E-state index in [1.807, 2.05) is 7.05 Å². The Hall–Kier alpha value is -0.540. The van der Waals surface area contributed by atoms with E-state index in [1.54, 1.807) is 11.3 Å². The van der Waals surface area contributed by atoms with Crippen LogP contribution in [0, 0.1) is 6.92 Å². The molecule has 2 rings (SSSR count). The third-order valence-corrected chi connectivity index (χ3v) is 3.37. The highest BCUT2D eigenvalue weighted by atomic mass is 32.1. The lowest BCUT2D eigenvalue weighted by Gasteiger charge is -2.22.